The zero-order chi connectivity index (χ0) is 16.9. The summed E-state index contributed by atoms with van der Waals surface area (Å²) in [6, 6.07) is 3.94. The number of fused-ring (bicyclic) bond motifs is 1. The highest BCUT2D eigenvalue weighted by Crippen LogP contribution is 2.12. The Bertz CT molecular complexity index is 856. The summed E-state index contributed by atoms with van der Waals surface area (Å²) in [6.07, 6.45) is 5.50. The number of aromatic nitrogens is 5. The van der Waals surface area contributed by atoms with Crippen LogP contribution in [0.2, 0.25) is 0 Å². The summed E-state index contributed by atoms with van der Waals surface area (Å²) in [7, 11) is 1.86. The Labute approximate surface area is 171 Å². The Hall–Kier alpha value is -1.69. The fourth-order valence-electron chi connectivity index (χ4n) is 2.24. The fourth-order valence-corrected chi connectivity index (χ4v) is 2.59. The summed E-state index contributed by atoms with van der Waals surface area (Å²) in [5, 5.41) is 10.5. The number of guanidine groups is 1. The van der Waals surface area contributed by atoms with Crippen LogP contribution in [0.25, 0.3) is 5.65 Å². The minimum Gasteiger partial charge on any atom is -0.357 e. The van der Waals surface area contributed by atoms with Gasteiger partial charge < -0.3 is 15.0 Å². The molecule has 0 aliphatic heterocycles. The number of hydrogen-bond donors (Lipinski definition) is 2. The molecule has 3 heterocycles. The molecule has 8 nitrogen and oxygen atoms in total. The standard InChI is InChI=1S/C15H19BrN8.HI/c1-3-17-15(19-7-14-20-10-21-23(14)2)18-6-12-9-24-8-11(16)4-5-13(24)22-12;/h4-5,8-10H,3,6-7H2,1-2H3,(H2,17,18,19);1H. The van der Waals surface area contributed by atoms with Gasteiger partial charge in [0.25, 0.3) is 0 Å². The zero-order valence-corrected chi connectivity index (χ0v) is 17.9. The van der Waals surface area contributed by atoms with Crippen LogP contribution in [-0.2, 0) is 20.1 Å². The molecular weight excluding hydrogens is 499 g/mol. The topological polar surface area (TPSA) is 84.4 Å². The van der Waals surface area contributed by atoms with Crippen LogP contribution in [-0.4, -0.2) is 36.7 Å². The summed E-state index contributed by atoms with van der Waals surface area (Å²) in [5.74, 6) is 1.57. The Morgan fingerprint density at radius 2 is 2.12 bits per heavy atom. The Morgan fingerprint density at radius 3 is 2.84 bits per heavy atom. The van der Waals surface area contributed by atoms with E-state index in [0.29, 0.717) is 13.1 Å². The van der Waals surface area contributed by atoms with Crippen molar-refractivity contribution in [2.24, 2.45) is 12.0 Å². The number of hydrogen-bond acceptors (Lipinski definition) is 4. The number of halogens is 2. The van der Waals surface area contributed by atoms with E-state index in [1.165, 1.54) is 6.33 Å². The molecule has 134 valence electrons. The minimum absolute atomic E-state index is 0. The lowest BCUT2D eigenvalue weighted by molar-refractivity contribution is 0.673. The van der Waals surface area contributed by atoms with Crippen LogP contribution in [0.15, 0.2) is 40.3 Å². The molecule has 10 heteroatoms. The van der Waals surface area contributed by atoms with Gasteiger partial charge in [0.2, 0.25) is 0 Å². The van der Waals surface area contributed by atoms with Gasteiger partial charge in [0, 0.05) is 30.5 Å². The molecule has 0 fully saturated rings. The number of nitrogens with one attached hydrogen (secondary N) is 2. The van der Waals surface area contributed by atoms with Crippen molar-refractivity contribution in [2.45, 2.75) is 20.0 Å². The Kier molecular flexibility index (Phi) is 7.17. The van der Waals surface area contributed by atoms with Crippen molar-refractivity contribution < 1.29 is 0 Å². The van der Waals surface area contributed by atoms with E-state index in [9.17, 15) is 0 Å². The van der Waals surface area contributed by atoms with E-state index in [4.69, 9.17) is 0 Å². The summed E-state index contributed by atoms with van der Waals surface area (Å²) >= 11 is 3.46. The highest BCUT2D eigenvalue weighted by Gasteiger charge is 2.05. The van der Waals surface area contributed by atoms with E-state index < -0.39 is 0 Å². The number of imidazole rings is 1. The first kappa shape index (κ1) is 19.6. The molecule has 2 N–H and O–H groups in total. The Morgan fingerprint density at radius 1 is 1.28 bits per heavy atom. The van der Waals surface area contributed by atoms with Crippen LogP contribution >= 0.6 is 39.9 Å². The molecule has 0 saturated heterocycles. The van der Waals surface area contributed by atoms with Gasteiger partial charge >= 0.3 is 0 Å². The molecule has 0 aliphatic rings. The molecule has 0 bridgehead atoms. The number of rotatable bonds is 5. The van der Waals surface area contributed by atoms with Crippen molar-refractivity contribution in [3.63, 3.8) is 0 Å². The van der Waals surface area contributed by atoms with Crippen molar-refractivity contribution in [3.8, 4) is 0 Å². The van der Waals surface area contributed by atoms with Crippen molar-refractivity contribution in [3.05, 3.63) is 46.8 Å². The molecule has 0 atom stereocenters. The SMILES string of the molecule is CCNC(=NCc1cn2cc(Br)ccc2n1)NCc1ncnn1C.I. The summed E-state index contributed by atoms with van der Waals surface area (Å²) in [6.45, 7) is 3.86. The molecule has 0 unspecified atom stereocenters. The fraction of sp³-hybridized carbons (Fsp3) is 0.333. The minimum atomic E-state index is 0. The van der Waals surface area contributed by atoms with Gasteiger partial charge in [-0.1, -0.05) is 0 Å². The molecule has 0 aliphatic carbocycles. The van der Waals surface area contributed by atoms with E-state index in [1.54, 1.807) is 4.68 Å². The zero-order valence-electron chi connectivity index (χ0n) is 14.0. The van der Waals surface area contributed by atoms with E-state index in [-0.39, 0.29) is 24.0 Å². The maximum absolute atomic E-state index is 4.58. The third kappa shape index (κ3) is 5.14. The smallest absolute Gasteiger partial charge is 0.192 e. The summed E-state index contributed by atoms with van der Waals surface area (Å²) < 4.78 is 4.73. The average Bonchev–Trinajstić information content (AvgIpc) is 3.15. The predicted octanol–water partition coefficient (Wildman–Crippen LogP) is 2.10. The van der Waals surface area contributed by atoms with Gasteiger partial charge in [0.1, 0.15) is 17.8 Å². The number of aliphatic imine (C=N–C) groups is 1. The summed E-state index contributed by atoms with van der Waals surface area (Å²) in [5.41, 5.74) is 1.81. The lowest BCUT2D eigenvalue weighted by Gasteiger charge is -2.10. The second kappa shape index (κ2) is 9.13. The second-order valence-electron chi connectivity index (χ2n) is 5.19. The largest absolute Gasteiger partial charge is 0.357 e. The average molecular weight is 519 g/mol. The van der Waals surface area contributed by atoms with Crippen LogP contribution < -0.4 is 10.6 Å². The van der Waals surface area contributed by atoms with Crippen molar-refractivity contribution in [1.82, 2.24) is 34.8 Å². The molecule has 3 aromatic rings. The highest BCUT2D eigenvalue weighted by molar-refractivity contribution is 14.0. The molecule has 0 spiro atoms. The van der Waals surface area contributed by atoms with E-state index >= 15 is 0 Å². The highest BCUT2D eigenvalue weighted by atomic mass is 127. The van der Waals surface area contributed by atoms with E-state index in [0.717, 1.165) is 34.1 Å². The first-order valence-corrected chi connectivity index (χ1v) is 8.43. The maximum atomic E-state index is 4.58. The number of nitrogens with zero attached hydrogens (tertiary/aromatic N) is 6. The van der Waals surface area contributed by atoms with E-state index in [2.05, 4.69) is 46.6 Å². The van der Waals surface area contributed by atoms with Crippen LogP contribution in [0.5, 0.6) is 0 Å². The molecule has 25 heavy (non-hydrogen) atoms. The third-order valence-corrected chi connectivity index (χ3v) is 3.90. The van der Waals surface area contributed by atoms with Gasteiger partial charge in [0.05, 0.1) is 18.8 Å². The third-order valence-electron chi connectivity index (χ3n) is 3.43. The first-order valence-electron chi connectivity index (χ1n) is 7.64. The van der Waals surface area contributed by atoms with Gasteiger partial charge in [-0.2, -0.15) is 5.10 Å². The van der Waals surface area contributed by atoms with Crippen LogP contribution in [0.3, 0.4) is 0 Å². The molecule has 0 radical (unpaired) electrons. The van der Waals surface area contributed by atoms with Gasteiger partial charge in [-0.3, -0.25) is 4.68 Å². The maximum Gasteiger partial charge on any atom is 0.192 e. The molecule has 0 saturated carbocycles. The number of pyridine rings is 1. The van der Waals surface area contributed by atoms with Crippen molar-refractivity contribution in [1.29, 1.82) is 0 Å². The molecule has 0 aromatic carbocycles. The Balaban J connectivity index is 0.00000225. The first-order chi connectivity index (χ1) is 11.7. The second-order valence-corrected chi connectivity index (χ2v) is 6.11. The summed E-state index contributed by atoms with van der Waals surface area (Å²) in [4.78, 5) is 13.3. The normalized spacial score (nSPS) is 11.4. The monoisotopic (exact) mass is 518 g/mol. The van der Waals surface area contributed by atoms with Crippen LogP contribution in [0.4, 0.5) is 0 Å². The molecule has 3 rings (SSSR count). The van der Waals surface area contributed by atoms with Crippen LogP contribution in [0, 0.1) is 0 Å². The predicted molar refractivity (Wildman–Crippen MR) is 111 cm³/mol. The number of aryl methyl sites for hydroxylation is 1. The van der Waals surface area contributed by atoms with Gasteiger partial charge in [-0.15, -0.1) is 24.0 Å². The van der Waals surface area contributed by atoms with Crippen LogP contribution in [0.1, 0.15) is 18.4 Å². The van der Waals surface area contributed by atoms with Gasteiger partial charge in [-0.25, -0.2) is 15.0 Å². The lowest BCUT2D eigenvalue weighted by atomic mass is 10.5. The van der Waals surface area contributed by atoms with E-state index in [1.807, 2.05) is 42.9 Å². The van der Waals surface area contributed by atoms with Gasteiger partial charge in [-0.05, 0) is 35.0 Å². The molecule has 0 amide bonds. The van der Waals surface area contributed by atoms with Crippen molar-refractivity contribution >= 4 is 51.5 Å². The molecular formula is C15H20BrIN8. The van der Waals surface area contributed by atoms with Crippen molar-refractivity contribution in [2.75, 3.05) is 6.54 Å². The van der Waals surface area contributed by atoms with Gasteiger partial charge in [0.15, 0.2) is 5.96 Å². The quantitative estimate of drug-likeness (QED) is 0.307. The lowest BCUT2D eigenvalue weighted by Crippen LogP contribution is -2.37. The molecule has 3 aromatic heterocycles.